The summed E-state index contributed by atoms with van der Waals surface area (Å²) >= 11 is 0. The smallest absolute Gasteiger partial charge is 0.306 e. The zero-order chi connectivity index (χ0) is 16.7. The summed E-state index contributed by atoms with van der Waals surface area (Å²) < 4.78 is 19.0. The largest absolute Gasteiger partial charge is 0.481 e. The van der Waals surface area contributed by atoms with Gasteiger partial charge < -0.3 is 19.7 Å². The Balaban J connectivity index is 1.78. The van der Waals surface area contributed by atoms with Crippen LogP contribution in [0.3, 0.4) is 0 Å². The number of aromatic nitrogens is 3. The number of nitrogens with zero attached hydrogens (tertiary/aromatic N) is 3. The quantitative estimate of drug-likeness (QED) is 0.762. The summed E-state index contributed by atoms with van der Waals surface area (Å²) in [7, 11) is 0. The van der Waals surface area contributed by atoms with Gasteiger partial charge in [-0.15, -0.1) is 0 Å². The van der Waals surface area contributed by atoms with Crippen LogP contribution in [0, 0.1) is 5.82 Å². The number of carboxylic acids is 1. The van der Waals surface area contributed by atoms with Gasteiger partial charge in [0, 0.05) is 18.5 Å². The van der Waals surface area contributed by atoms with Crippen LogP contribution in [0.1, 0.15) is 6.42 Å². The third-order valence-electron chi connectivity index (χ3n) is 4.17. The number of carboxylic acid groups (broad SMARTS) is 1. The van der Waals surface area contributed by atoms with Crippen molar-refractivity contribution in [2.24, 2.45) is 0 Å². The lowest BCUT2D eigenvalue weighted by molar-refractivity contribution is -0.140. The van der Waals surface area contributed by atoms with Crippen LogP contribution >= 0.6 is 0 Å². The van der Waals surface area contributed by atoms with Crippen molar-refractivity contribution in [2.75, 3.05) is 24.6 Å². The number of morpholine rings is 1. The van der Waals surface area contributed by atoms with Crippen LogP contribution in [-0.4, -0.2) is 51.8 Å². The lowest BCUT2D eigenvalue weighted by Crippen LogP contribution is -2.43. The van der Waals surface area contributed by atoms with Gasteiger partial charge in [0.15, 0.2) is 0 Å². The van der Waals surface area contributed by atoms with E-state index in [0.29, 0.717) is 36.7 Å². The molecule has 0 aliphatic carbocycles. The van der Waals surface area contributed by atoms with Crippen molar-refractivity contribution in [3.8, 4) is 0 Å². The van der Waals surface area contributed by atoms with Gasteiger partial charge in [0.05, 0.1) is 30.0 Å². The van der Waals surface area contributed by atoms with Gasteiger partial charge in [0.2, 0.25) is 0 Å². The zero-order valence-corrected chi connectivity index (χ0v) is 12.7. The van der Waals surface area contributed by atoms with E-state index >= 15 is 0 Å². The van der Waals surface area contributed by atoms with Crippen LogP contribution in [0.25, 0.3) is 21.9 Å². The number of H-pyrrole nitrogens is 1. The molecule has 0 amide bonds. The molecule has 1 aliphatic heterocycles. The van der Waals surface area contributed by atoms with Gasteiger partial charge >= 0.3 is 5.97 Å². The first kappa shape index (κ1) is 14.8. The van der Waals surface area contributed by atoms with Crippen molar-refractivity contribution in [1.29, 1.82) is 0 Å². The second-order valence-corrected chi connectivity index (χ2v) is 5.77. The minimum absolute atomic E-state index is 0.0518. The Labute approximate surface area is 136 Å². The average molecular weight is 330 g/mol. The lowest BCUT2D eigenvalue weighted by atomic mass is 10.1. The molecule has 24 heavy (non-hydrogen) atoms. The van der Waals surface area contributed by atoms with Crippen LogP contribution in [-0.2, 0) is 9.53 Å². The molecule has 0 spiro atoms. The van der Waals surface area contributed by atoms with Gasteiger partial charge in [-0.3, -0.25) is 4.79 Å². The molecule has 1 saturated heterocycles. The van der Waals surface area contributed by atoms with Gasteiger partial charge in [-0.25, -0.2) is 14.4 Å². The Morgan fingerprint density at radius 1 is 1.46 bits per heavy atom. The summed E-state index contributed by atoms with van der Waals surface area (Å²) in [5, 5.41) is 10.6. The molecular formula is C16H15FN4O3. The molecule has 0 radical (unpaired) electrons. The standard InChI is InChI=1S/C16H15FN4O3/c17-9-1-2-11-12(5-9)20-15-14(11)16(19-8-18-15)21-3-4-24-10(7-21)6-13(22)23/h1-2,5,8,10H,3-4,6-7H2,(H,22,23)(H,18,19,20). The molecule has 8 heteroatoms. The molecule has 1 unspecified atom stereocenters. The van der Waals surface area contributed by atoms with Crippen molar-refractivity contribution in [3.05, 3.63) is 30.3 Å². The SMILES string of the molecule is O=C(O)CC1CN(c2ncnc3[nH]c4cc(F)ccc4c23)CCO1. The Bertz CT molecular complexity index is 926. The zero-order valence-electron chi connectivity index (χ0n) is 12.7. The van der Waals surface area contributed by atoms with Crippen LogP contribution < -0.4 is 4.90 Å². The van der Waals surface area contributed by atoms with E-state index < -0.39 is 5.97 Å². The first-order chi connectivity index (χ1) is 11.6. The number of hydrogen-bond donors (Lipinski definition) is 2. The average Bonchev–Trinajstić information content (AvgIpc) is 2.91. The fraction of sp³-hybridized carbons (Fsp3) is 0.312. The van der Waals surface area contributed by atoms with E-state index in [2.05, 4.69) is 15.0 Å². The highest BCUT2D eigenvalue weighted by molar-refractivity contribution is 6.11. The molecule has 1 atom stereocenters. The Morgan fingerprint density at radius 2 is 2.33 bits per heavy atom. The summed E-state index contributed by atoms with van der Waals surface area (Å²) in [6, 6.07) is 4.53. The fourth-order valence-electron chi connectivity index (χ4n) is 3.15. The highest BCUT2D eigenvalue weighted by Gasteiger charge is 2.25. The number of fused-ring (bicyclic) bond motifs is 3. The minimum atomic E-state index is -0.891. The van der Waals surface area contributed by atoms with Crippen LogP contribution in [0.2, 0.25) is 0 Å². The number of halogens is 1. The number of hydrogen-bond acceptors (Lipinski definition) is 5. The van der Waals surface area contributed by atoms with E-state index in [9.17, 15) is 9.18 Å². The van der Waals surface area contributed by atoms with Crippen LogP contribution in [0.5, 0.6) is 0 Å². The number of benzene rings is 1. The minimum Gasteiger partial charge on any atom is -0.481 e. The van der Waals surface area contributed by atoms with E-state index in [-0.39, 0.29) is 18.3 Å². The molecule has 4 rings (SSSR count). The third-order valence-corrected chi connectivity index (χ3v) is 4.17. The normalized spacial score (nSPS) is 18.4. The van der Waals surface area contributed by atoms with Gasteiger partial charge in [0.1, 0.15) is 23.6 Å². The predicted molar refractivity (Wildman–Crippen MR) is 85.6 cm³/mol. The predicted octanol–water partition coefficient (Wildman–Crippen LogP) is 1.93. The summed E-state index contributed by atoms with van der Waals surface area (Å²) in [4.78, 5) is 24.6. The summed E-state index contributed by atoms with van der Waals surface area (Å²) in [6.45, 7) is 1.48. The Morgan fingerprint density at radius 3 is 3.17 bits per heavy atom. The molecule has 3 aromatic rings. The molecule has 3 heterocycles. The Hall–Kier alpha value is -2.74. The molecule has 2 N–H and O–H groups in total. The molecule has 124 valence electrons. The van der Waals surface area contributed by atoms with Gasteiger partial charge in [-0.05, 0) is 18.2 Å². The molecule has 2 aromatic heterocycles. The number of aliphatic carboxylic acids is 1. The maximum absolute atomic E-state index is 13.5. The number of rotatable bonds is 3. The van der Waals surface area contributed by atoms with Gasteiger partial charge in [-0.2, -0.15) is 0 Å². The van der Waals surface area contributed by atoms with E-state index in [1.165, 1.54) is 18.5 Å². The van der Waals surface area contributed by atoms with Crippen molar-refractivity contribution < 1.29 is 19.0 Å². The molecular weight excluding hydrogens is 315 g/mol. The second kappa shape index (κ2) is 5.72. The number of ether oxygens (including phenoxy) is 1. The summed E-state index contributed by atoms with van der Waals surface area (Å²) in [6.07, 6.45) is 1.01. The van der Waals surface area contributed by atoms with Crippen molar-refractivity contribution >= 4 is 33.7 Å². The third kappa shape index (κ3) is 2.54. The van der Waals surface area contributed by atoms with Crippen LogP contribution in [0.4, 0.5) is 10.2 Å². The summed E-state index contributed by atoms with van der Waals surface area (Å²) in [5.74, 6) is -0.509. The Kier molecular flexibility index (Phi) is 3.53. The lowest BCUT2D eigenvalue weighted by Gasteiger charge is -2.33. The van der Waals surface area contributed by atoms with Gasteiger partial charge in [-0.1, -0.05) is 0 Å². The molecule has 0 bridgehead atoms. The van der Waals surface area contributed by atoms with Crippen molar-refractivity contribution in [2.45, 2.75) is 12.5 Å². The second-order valence-electron chi connectivity index (χ2n) is 5.77. The van der Waals surface area contributed by atoms with E-state index in [4.69, 9.17) is 9.84 Å². The topological polar surface area (TPSA) is 91.3 Å². The number of aromatic amines is 1. The van der Waals surface area contributed by atoms with Crippen LogP contribution in [0.15, 0.2) is 24.5 Å². The first-order valence-corrected chi connectivity index (χ1v) is 7.62. The molecule has 0 saturated carbocycles. The van der Waals surface area contributed by atoms with E-state index in [0.717, 1.165) is 10.8 Å². The molecule has 1 fully saturated rings. The monoisotopic (exact) mass is 330 g/mol. The molecule has 7 nitrogen and oxygen atoms in total. The maximum Gasteiger partial charge on any atom is 0.306 e. The highest BCUT2D eigenvalue weighted by atomic mass is 19.1. The highest BCUT2D eigenvalue weighted by Crippen LogP contribution is 2.32. The van der Waals surface area contributed by atoms with Crippen molar-refractivity contribution in [1.82, 2.24) is 15.0 Å². The van der Waals surface area contributed by atoms with Gasteiger partial charge in [0.25, 0.3) is 0 Å². The number of carbonyl (C=O) groups is 1. The number of anilines is 1. The molecule has 1 aliphatic rings. The fourth-order valence-corrected chi connectivity index (χ4v) is 3.15. The maximum atomic E-state index is 13.5. The number of nitrogens with one attached hydrogen (secondary N) is 1. The van der Waals surface area contributed by atoms with Crippen molar-refractivity contribution in [3.63, 3.8) is 0 Å². The summed E-state index contributed by atoms with van der Waals surface area (Å²) in [5.41, 5.74) is 1.28. The van der Waals surface area contributed by atoms with E-state index in [1.807, 2.05) is 4.90 Å². The first-order valence-electron chi connectivity index (χ1n) is 7.62. The molecule has 1 aromatic carbocycles. The van der Waals surface area contributed by atoms with E-state index in [1.54, 1.807) is 6.07 Å².